The molecule has 0 atom stereocenters. The molecule has 21 heavy (non-hydrogen) atoms. The average Bonchev–Trinajstić information content (AvgIpc) is 2.43. The molecule has 0 saturated heterocycles. The Hall–Kier alpha value is -2.20. The van der Waals surface area contributed by atoms with Gasteiger partial charge in [-0.05, 0) is 35.9 Å². The van der Waals surface area contributed by atoms with Crippen molar-refractivity contribution in [1.29, 1.82) is 0 Å². The van der Waals surface area contributed by atoms with Gasteiger partial charge in [0.05, 0.1) is 6.42 Å². The third kappa shape index (κ3) is 5.36. The molecular formula is C16H16ClNO3. The van der Waals surface area contributed by atoms with Crippen LogP contribution in [-0.4, -0.2) is 19.1 Å². The van der Waals surface area contributed by atoms with E-state index in [1.54, 1.807) is 18.2 Å². The smallest absolute Gasteiger partial charge is 0.221 e. The van der Waals surface area contributed by atoms with Crippen LogP contribution in [0.1, 0.15) is 5.56 Å². The normalized spacial score (nSPS) is 10.1. The molecule has 0 aromatic heterocycles. The Bertz CT molecular complexity index is 616. The zero-order valence-corrected chi connectivity index (χ0v) is 12.2. The number of rotatable bonds is 7. The Morgan fingerprint density at radius 3 is 2.24 bits per heavy atom. The predicted molar refractivity (Wildman–Crippen MR) is 81.8 cm³/mol. The van der Waals surface area contributed by atoms with Crippen LogP contribution in [0.4, 0.5) is 0 Å². The van der Waals surface area contributed by atoms with E-state index in [1.807, 2.05) is 30.3 Å². The summed E-state index contributed by atoms with van der Waals surface area (Å²) in [6.07, 6.45) is 0.205. The van der Waals surface area contributed by atoms with Crippen LogP contribution in [0.5, 0.6) is 11.5 Å². The van der Waals surface area contributed by atoms with E-state index >= 15 is 0 Å². The third-order valence-corrected chi connectivity index (χ3v) is 2.93. The van der Waals surface area contributed by atoms with Gasteiger partial charge >= 0.3 is 0 Å². The Morgan fingerprint density at radius 2 is 1.62 bits per heavy atom. The fourth-order valence-electron chi connectivity index (χ4n) is 1.82. The summed E-state index contributed by atoms with van der Waals surface area (Å²) < 4.78 is 11.1. The molecule has 0 unspecified atom stereocenters. The van der Waals surface area contributed by atoms with Crippen LogP contribution in [-0.2, 0) is 11.2 Å². The number of carbonyl (C=O) groups is 1. The zero-order valence-electron chi connectivity index (χ0n) is 11.4. The topological polar surface area (TPSA) is 61.6 Å². The lowest BCUT2D eigenvalue weighted by Gasteiger charge is -2.09. The first-order valence-electron chi connectivity index (χ1n) is 6.52. The van der Waals surface area contributed by atoms with E-state index in [-0.39, 0.29) is 12.3 Å². The molecule has 1 amide bonds. The maximum Gasteiger partial charge on any atom is 0.221 e. The summed E-state index contributed by atoms with van der Waals surface area (Å²) in [5.74, 6) is 1.02. The van der Waals surface area contributed by atoms with Crippen molar-refractivity contribution in [2.45, 2.75) is 6.42 Å². The molecule has 0 bridgehead atoms. The maximum atomic E-state index is 10.9. The maximum absolute atomic E-state index is 10.9. The third-order valence-electron chi connectivity index (χ3n) is 2.69. The molecule has 0 heterocycles. The number of hydrogen-bond acceptors (Lipinski definition) is 3. The highest BCUT2D eigenvalue weighted by molar-refractivity contribution is 6.30. The molecular weight excluding hydrogens is 290 g/mol. The van der Waals surface area contributed by atoms with Gasteiger partial charge in [0.1, 0.15) is 24.7 Å². The highest BCUT2D eigenvalue weighted by Crippen LogP contribution is 2.17. The Kier molecular flexibility index (Phi) is 5.46. The Balaban J connectivity index is 1.79. The molecule has 2 aromatic rings. The summed E-state index contributed by atoms with van der Waals surface area (Å²) in [7, 11) is 0. The van der Waals surface area contributed by atoms with Crippen molar-refractivity contribution in [3.8, 4) is 11.5 Å². The van der Waals surface area contributed by atoms with Crippen molar-refractivity contribution < 1.29 is 14.3 Å². The van der Waals surface area contributed by atoms with Crippen molar-refractivity contribution in [2.75, 3.05) is 13.2 Å². The number of halogens is 1. The minimum Gasteiger partial charge on any atom is -0.490 e. The monoisotopic (exact) mass is 305 g/mol. The average molecular weight is 306 g/mol. The second-order valence-electron chi connectivity index (χ2n) is 4.44. The molecule has 0 aliphatic heterocycles. The number of primary amides is 1. The van der Waals surface area contributed by atoms with Gasteiger partial charge in [0.2, 0.25) is 5.91 Å². The SMILES string of the molecule is NC(=O)Cc1cccc(OCCOc2cccc(Cl)c2)c1. The molecule has 110 valence electrons. The van der Waals surface area contributed by atoms with Crippen LogP contribution in [0.2, 0.25) is 5.02 Å². The summed E-state index contributed by atoms with van der Waals surface area (Å²) in [6.45, 7) is 0.799. The predicted octanol–water partition coefficient (Wildman–Crippen LogP) is 2.83. The number of carbonyl (C=O) groups excluding carboxylic acids is 1. The van der Waals surface area contributed by atoms with Gasteiger partial charge in [0.15, 0.2) is 0 Å². The molecule has 0 radical (unpaired) electrons. The minimum atomic E-state index is -0.364. The van der Waals surface area contributed by atoms with Gasteiger partial charge in [-0.2, -0.15) is 0 Å². The molecule has 0 aliphatic rings. The van der Waals surface area contributed by atoms with E-state index in [4.69, 9.17) is 26.8 Å². The van der Waals surface area contributed by atoms with Crippen LogP contribution in [0, 0.1) is 0 Å². The lowest BCUT2D eigenvalue weighted by molar-refractivity contribution is -0.117. The summed E-state index contributed by atoms with van der Waals surface area (Å²) in [5, 5.41) is 0.632. The van der Waals surface area contributed by atoms with Gasteiger partial charge in [-0.25, -0.2) is 0 Å². The lowest BCUT2D eigenvalue weighted by Crippen LogP contribution is -2.13. The van der Waals surface area contributed by atoms with Gasteiger partial charge < -0.3 is 15.2 Å². The Labute approximate surface area is 128 Å². The van der Waals surface area contributed by atoms with Crippen LogP contribution >= 0.6 is 11.6 Å². The second-order valence-corrected chi connectivity index (χ2v) is 4.88. The molecule has 0 aliphatic carbocycles. The van der Waals surface area contributed by atoms with Crippen molar-refractivity contribution >= 4 is 17.5 Å². The van der Waals surface area contributed by atoms with Crippen molar-refractivity contribution in [1.82, 2.24) is 0 Å². The van der Waals surface area contributed by atoms with Gasteiger partial charge in [0, 0.05) is 5.02 Å². The van der Waals surface area contributed by atoms with E-state index in [1.165, 1.54) is 0 Å². The quantitative estimate of drug-likeness (QED) is 0.800. The van der Waals surface area contributed by atoms with Crippen LogP contribution in [0.15, 0.2) is 48.5 Å². The highest BCUT2D eigenvalue weighted by atomic mass is 35.5. The van der Waals surface area contributed by atoms with Gasteiger partial charge in [0.25, 0.3) is 0 Å². The van der Waals surface area contributed by atoms with Gasteiger partial charge in [-0.15, -0.1) is 0 Å². The first-order valence-corrected chi connectivity index (χ1v) is 6.90. The highest BCUT2D eigenvalue weighted by Gasteiger charge is 2.01. The molecule has 2 aromatic carbocycles. The standard InChI is InChI=1S/C16H16ClNO3/c17-13-4-2-6-15(11-13)21-8-7-20-14-5-1-3-12(9-14)10-16(18)19/h1-6,9,11H,7-8,10H2,(H2,18,19). The molecule has 0 spiro atoms. The second kappa shape index (κ2) is 7.55. The molecule has 2 rings (SSSR count). The summed E-state index contributed by atoms with van der Waals surface area (Å²) in [5.41, 5.74) is 5.99. The van der Waals surface area contributed by atoms with Crippen molar-refractivity contribution in [2.24, 2.45) is 5.73 Å². The number of nitrogens with two attached hydrogens (primary N) is 1. The van der Waals surface area contributed by atoms with Crippen LogP contribution in [0.25, 0.3) is 0 Å². The number of benzene rings is 2. The van der Waals surface area contributed by atoms with Crippen LogP contribution in [0.3, 0.4) is 0 Å². The first-order chi connectivity index (χ1) is 10.1. The van der Waals surface area contributed by atoms with Crippen molar-refractivity contribution in [3.05, 3.63) is 59.1 Å². The minimum absolute atomic E-state index is 0.205. The summed E-state index contributed by atoms with van der Waals surface area (Å²) in [4.78, 5) is 10.9. The van der Waals surface area contributed by atoms with E-state index in [0.717, 1.165) is 5.56 Å². The fourth-order valence-corrected chi connectivity index (χ4v) is 2.00. The Morgan fingerprint density at radius 1 is 1.00 bits per heavy atom. The summed E-state index contributed by atoms with van der Waals surface area (Å²) >= 11 is 5.86. The number of hydrogen-bond donors (Lipinski definition) is 1. The van der Waals surface area contributed by atoms with E-state index in [2.05, 4.69) is 0 Å². The molecule has 4 nitrogen and oxygen atoms in total. The summed E-state index contributed by atoms with van der Waals surface area (Å²) in [6, 6.07) is 14.5. The van der Waals surface area contributed by atoms with Crippen LogP contribution < -0.4 is 15.2 Å². The molecule has 2 N–H and O–H groups in total. The van der Waals surface area contributed by atoms with E-state index in [9.17, 15) is 4.79 Å². The zero-order chi connectivity index (χ0) is 15.1. The number of ether oxygens (including phenoxy) is 2. The largest absolute Gasteiger partial charge is 0.490 e. The fraction of sp³-hybridized carbons (Fsp3) is 0.188. The lowest BCUT2D eigenvalue weighted by atomic mass is 10.1. The van der Waals surface area contributed by atoms with Crippen molar-refractivity contribution in [3.63, 3.8) is 0 Å². The number of amides is 1. The molecule has 0 saturated carbocycles. The molecule has 5 heteroatoms. The van der Waals surface area contributed by atoms with E-state index < -0.39 is 0 Å². The van der Waals surface area contributed by atoms with E-state index in [0.29, 0.717) is 29.7 Å². The molecule has 0 fully saturated rings. The van der Waals surface area contributed by atoms with Gasteiger partial charge in [-0.3, -0.25) is 4.79 Å². The van der Waals surface area contributed by atoms with Gasteiger partial charge in [-0.1, -0.05) is 29.8 Å². The first kappa shape index (κ1) is 15.2.